The number of hydrogen-bond acceptors (Lipinski definition) is 3. The third kappa shape index (κ3) is 3.63. The summed E-state index contributed by atoms with van der Waals surface area (Å²) in [7, 11) is 1.60. The molecule has 0 bridgehead atoms. The summed E-state index contributed by atoms with van der Waals surface area (Å²) >= 11 is 0. The standard InChI is InChI=1S/C13H19N3O2/c1-18-12-6-2-4-10(8-12)15-13(17)16-11-5-3-7-14-9-11/h2,4,6,8,11,14H,3,5,7,9H2,1H3,(H2,15,16,17)/t11-/m0/s1. The van der Waals surface area contributed by atoms with Crippen molar-refractivity contribution < 1.29 is 9.53 Å². The monoisotopic (exact) mass is 249 g/mol. The number of rotatable bonds is 3. The van der Waals surface area contributed by atoms with E-state index in [0.717, 1.165) is 37.4 Å². The van der Waals surface area contributed by atoms with Crippen LogP contribution in [0.2, 0.25) is 0 Å². The molecule has 0 saturated carbocycles. The molecule has 2 rings (SSSR count). The molecule has 0 radical (unpaired) electrons. The van der Waals surface area contributed by atoms with Crippen LogP contribution in [-0.4, -0.2) is 32.3 Å². The van der Waals surface area contributed by atoms with E-state index < -0.39 is 0 Å². The second-order valence-electron chi connectivity index (χ2n) is 4.37. The van der Waals surface area contributed by atoms with Crippen molar-refractivity contribution in [2.75, 3.05) is 25.5 Å². The number of hydrogen-bond donors (Lipinski definition) is 3. The van der Waals surface area contributed by atoms with Crippen molar-refractivity contribution in [2.24, 2.45) is 0 Å². The molecule has 5 nitrogen and oxygen atoms in total. The molecule has 1 aromatic rings. The highest BCUT2D eigenvalue weighted by atomic mass is 16.5. The van der Waals surface area contributed by atoms with Crippen molar-refractivity contribution in [2.45, 2.75) is 18.9 Å². The quantitative estimate of drug-likeness (QED) is 0.762. The van der Waals surface area contributed by atoms with Gasteiger partial charge in [-0.25, -0.2) is 4.79 Å². The summed E-state index contributed by atoms with van der Waals surface area (Å²) in [5.41, 5.74) is 0.732. The molecule has 0 aliphatic carbocycles. The Morgan fingerprint density at radius 3 is 3.11 bits per heavy atom. The van der Waals surface area contributed by atoms with Crippen LogP contribution in [0.3, 0.4) is 0 Å². The van der Waals surface area contributed by atoms with Gasteiger partial charge in [0.2, 0.25) is 0 Å². The second-order valence-corrected chi connectivity index (χ2v) is 4.37. The highest BCUT2D eigenvalue weighted by Crippen LogP contribution is 2.16. The Labute approximate surface area is 107 Å². The molecule has 2 amide bonds. The maximum absolute atomic E-state index is 11.8. The Bertz CT molecular complexity index is 403. The summed E-state index contributed by atoms with van der Waals surface area (Å²) in [5, 5.41) is 9.02. The molecule has 3 N–H and O–H groups in total. The Morgan fingerprint density at radius 1 is 1.50 bits per heavy atom. The van der Waals surface area contributed by atoms with Crippen molar-refractivity contribution in [3.8, 4) is 5.75 Å². The summed E-state index contributed by atoms with van der Waals surface area (Å²) < 4.78 is 5.10. The Hall–Kier alpha value is -1.75. The van der Waals surface area contributed by atoms with E-state index in [1.807, 2.05) is 18.2 Å². The molecule has 0 aromatic heterocycles. The topological polar surface area (TPSA) is 62.4 Å². The van der Waals surface area contributed by atoms with Crippen LogP contribution in [0.15, 0.2) is 24.3 Å². The number of carbonyl (C=O) groups excluding carboxylic acids is 1. The maximum atomic E-state index is 11.8. The number of piperidine rings is 1. The zero-order valence-electron chi connectivity index (χ0n) is 10.5. The van der Waals surface area contributed by atoms with Crippen LogP contribution >= 0.6 is 0 Å². The van der Waals surface area contributed by atoms with E-state index in [-0.39, 0.29) is 12.1 Å². The van der Waals surface area contributed by atoms with Gasteiger partial charge in [0.25, 0.3) is 0 Å². The molecule has 1 fully saturated rings. The normalized spacial score (nSPS) is 19.1. The highest BCUT2D eigenvalue weighted by Gasteiger charge is 2.15. The number of amides is 2. The zero-order valence-corrected chi connectivity index (χ0v) is 10.5. The molecule has 1 heterocycles. The summed E-state index contributed by atoms with van der Waals surface area (Å²) in [6.07, 6.45) is 2.13. The first-order valence-electron chi connectivity index (χ1n) is 6.20. The molecule has 0 spiro atoms. The van der Waals surface area contributed by atoms with Gasteiger partial charge in [0.1, 0.15) is 5.75 Å². The third-order valence-electron chi connectivity index (χ3n) is 2.96. The summed E-state index contributed by atoms with van der Waals surface area (Å²) in [6, 6.07) is 7.35. The van der Waals surface area contributed by atoms with E-state index in [0.29, 0.717) is 0 Å². The van der Waals surface area contributed by atoms with Gasteiger partial charge in [-0.1, -0.05) is 6.07 Å². The number of urea groups is 1. The number of nitrogens with one attached hydrogen (secondary N) is 3. The van der Waals surface area contributed by atoms with E-state index >= 15 is 0 Å². The number of methoxy groups -OCH3 is 1. The van der Waals surface area contributed by atoms with Gasteiger partial charge in [-0.15, -0.1) is 0 Å². The molecule has 1 aromatic carbocycles. The SMILES string of the molecule is COc1cccc(NC(=O)N[C@H]2CCCNC2)c1. The molecule has 0 unspecified atom stereocenters. The average molecular weight is 249 g/mol. The van der Waals surface area contributed by atoms with Crippen molar-refractivity contribution in [1.29, 1.82) is 0 Å². The van der Waals surface area contributed by atoms with Crippen LogP contribution in [0.5, 0.6) is 5.75 Å². The van der Waals surface area contributed by atoms with Crippen LogP contribution in [0, 0.1) is 0 Å². The summed E-state index contributed by atoms with van der Waals surface area (Å²) in [6.45, 7) is 1.88. The van der Waals surface area contributed by atoms with E-state index in [4.69, 9.17) is 4.74 Å². The van der Waals surface area contributed by atoms with Crippen LogP contribution in [-0.2, 0) is 0 Å². The lowest BCUT2D eigenvalue weighted by atomic mass is 10.1. The first-order chi connectivity index (χ1) is 8.78. The molecular formula is C13H19N3O2. The molecule has 18 heavy (non-hydrogen) atoms. The van der Waals surface area contributed by atoms with Gasteiger partial charge in [-0.2, -0.15) is 0 Å². The van der Waals surface area contributed by atoms with Gasteiger partial charge in [0.15, 0.2) is 0 Å². The van der Waals surface area contributed by atoms with E-state index in [1.54, 1.807) is 13.2 Å². The largest absolute Gasteiger partial charge is 0.497 e. The van der Waals surface area contributed by atoms with Crippen molar-refractivity contribution in [3.05, 3.63) is 24.3 Å². The smallest absolute Gasteiger partial charge is 0.319 e. The Balaban J connectivity index is 1.85. The Kier molecular flexibility index (Phi) is 4.41. The molecule has 98 valence electrons. The highest BCUT2D eigenvalue weighted by molar-refractivity contribution is 5.89. The van der Waals surface area contributed by atoms with Crippen LogP contribution < -0.4 is 20.7 Å². The van der Waals surface area contributed by atoms with E-state index in [1.165, 1.54) is 0 Å². The minimum Gasteiger partial charge on any atom is -0.497 e. The minimum absolute atomic E-state index is 0.169. The van der Waals surface area contributed by atoms with Gasteiger partial charge in [-0.05, 0) is 31.5 Å². The first kappa shape index (κ1) is 12.7. The summed E-state index contributed by atoms with van der Waals surface area (Å²) in [4.78, 5) is 11.8. The predicted octanol–water partition coefficient (Wildman–Crippen LogP) is 1.57. The number of benzene rings is 1. The molecule has 1 saturated heterocycles. The Morgan fingerprint density at radius 2 is 2.39 bits per heavy atom. The van der Waals surface area contributed by atoms with Gasteiger partial charge < -0.3 is 20.7 Å². The maximum Gasteiger partial charge on any atom is 0.319 e. The second kappa shape index (κ2) is 6.26. The third-order valence-corrected chi connectivity index (χ3v) is 2.96. The predicted molar refractivity (Wildman–Crippen MR) is 71.0 cm³/mol. The van der Waals surface area contributed by atoms with Gasteiger partial charge in [0.05, 0.1) is 7.11 Å². The molecular weight excluding hydrogens is 230 g/mol. The average Bonchev–Trinajstić information content (AvgIpc) is 2.40. The number of ether oxygens (including phenoxy) is 1. The molecule has 1 atom stereocenters. The van der Waals surface area contributed by atoms with E-state index in [9.17, 15) is 4.79 Å². The van der Waals surface area contributed by atoms with Crippen LogP contribution in [0.25, 0.3) is 0 Å². The summed E-state index contributed by atoms with van der Waals surface area (Å²) in [5.74, 6) is 0.729. The lowest BCUT2D eigenvalue weighted by molar-refractivity contribution is 0.245. The van der Waals surface area contributed by atoms with Crippen LogP contribution in [0.4, 0.5) is 10.5 Å². The number of carbonyl (C=O) groups is 1. The molecule has 1 aliphatic rings. The van der Waals surface area contributed by atoms with Gasteiger partial charge in [0, 0.05) is 24.3 Å². The van der Waals surface area contributed by atoms with E-state index in [2.05, 4.69) is 16.0 Å². The molecule has 5 heteroatoms. The fourth-order valence-electron chi connectivity index (χ4n) is 2.03. The van der Waals surface area contributed by atoms with Gasteiger partial charge in [-0.3, -0.25) is 0 Å². The minimum atomic E-state index is -0.169. The van der Waals surface area contributed by atoms with Gasteiger partial charge >= 0.3 is 6.03 Å². The van der Waals surface area contributed by atoms with Crippen molar-refractivity contribution in [1.82, 2.24) is 10.6 Å². The fraction of sp³-hybridized carbons (Fsp3) is 0.462. The first-order valence-corrected chi connectivity index (χ1v) is 6.20. The van der Waals surface area contributed by atoms with Crippen molar-refractivity contribution >= 4 is 11.7 Å². The molecule has 1 aliphatic heterocycles. The zero-order chi connectivity index (χ0) is 12.8. The van der Waals surface area contributed by atoms with Crippen LogP contribution in [0.1, 0.15) is 12.8 Å². The lowest BCUT2D eigenvalue weighted by Gasteiger charge is -2.23. The lowest BCUT2D eigenvalue weighted by Crippen LogP contribution is -2.47. The number of anilines is 1. The fourth-order valence-corrected chi connectivity index (χ4v) is 2.03. The van der Waals surface area contributed by atoms with Crippen molar-refractivity contribution in [3.63, 3.8) is 0 Å².